The zero-order valence-corrected chi connectivity index (χ0v) is 9.96. The number of halogens is 1. The van der Waals surface area contributed by atoms with Crippen LogP contribution in [-0.2, 0) is 4.79 Å². The standard InChI is InChI=1S/C7H8ClN8O3/c8-3-5(16(12)7(10)19)14-4(2(1-17)13-3)15(11)6(9)18/h11-12H2,(H2,9,18)(H2,10,19). The molecule has 0 aliphatic carbocycles. The van der Waals surface area contributed by atoms with E-state index in [1.807, 2.05) is 0 Å². The summed E-state index contributed by atoms with van der Waals surface area (Å²) in [5.41, 5.74) is 9.33. The molecule has 1 rings (SSSR count). The lowest BCUT2D eigenvalue weighted by Gasteiger charge is -2.18. The summed E-state index contributed by atoms with van der Waals surface area (Å²) < 4.78 is 0. The molecule has 0 fully saturated rings. The monoisotopic (exact) mass is 287 g/mol. The predicted molar refractivity (Wildman–Crippen MR) is 64.3 cm³/mol. The zero-order valence-electron chi connectivity index (χ0n) is 9.20. The number of amides is 4. The average molecular weight is 288 g/mol. The number of hydrogen-bond donors (Lipinski definition) is 4. The molecular formula is C7H8ClN8O3. The van der Waals surface area contributed by atoms with Gasteiger partial charge in [0.25, 0.3) is 6.29 Å². The SMILES string of the molecule is NC(=O)N(N)c1nc(N(N)C(N)=O)c([C]=O)nc1Cl. The third kappa shape index (κ3) is 2.85. The number of urea groups is 2. The first-order valence-corrected chi connectivity index (χ1v) is 4.81. The van der Waals surface area contributed by atoms with Gasteiger partial charge >= 0.3 is 12.1 Å². The van der Waals surface area contributed by atoms with Crippen LogP contribution in [0.4, 0.5) is 21.2 Å². The van der Waals surface area contributed by atoms with Crippen molar-refractivity contribution < 1.29 is 14.4 Å². The molecule has 11 nitrogen and oxygen atoms in total. The van der Waals surface area contributed by atoms with E-state index in [-0.39, 0.29) is 0 Å². The van der Waals surface area contributed by atoms with E-state index in [0.29, 0.717) is 10.0 Å². The molecule has 0 saturated carbocycles. The Hall–Kier alpha value is -2.50. The maximum Gasteiger partial charge on any atom is 0.335 e. The van der Waals surface area contributed by atoms with Crippen LogP contribution >= 0.6 is 11.6 Å². The first-order chi connectivity index (χ1) is 8.79. The van der Waals surface area contributed by atoms with Crippen molar-refractivity contribution in [3.8, 4) is 0 Å². The van der Waals surface area contributed by atoms with Crippen LogP contribution in [0.1, 0.15) is 5.69 Å². The number of rotatable bonds is 3. The Labute approximate surface area is 111 Å². The van der Waals surface area contributed by atoms with Gasteiger partial charge in [-0.15, -0.1) is 0 Å². The van der Waals surface area contributed by atoms with Crippen molar-refractivity contribution in [3.05, 3.63) is 10.8 Å². The molecule has 0 unspecified atom stereocenters. The second-order valence-corrected chi connectivity index (χ2v) is 3.39. The Balaban J connectivity index is 3.45. The number of carbonyl (C=O) groups is 2. The van der Waals surface area contributed by atoms with Gasteiger partial charge in [0.15, 0.2) is 22.5 Å². The van der Waals surface area contributed by atoms with Crippen molar-refractivity contribution in [3.63, 3.8) is 0 Å². The third-order valence-electron chi connectivity index (χ3n) is 1.85. The topological polar surface area (TPSA) is 188 Å². The number of hydrazine groups is 2. The summed E-state index contributed by atoms with van der Waals surface area (Å²) in [6, 6.07) is -2.24. The maximum atomic E-state index is 10.9. The molecule has 19 heavy (non-hydrogen) atoms. The van der Waals surface area contributed by atoms with E-state index in [9.17, 15) is 14.4 Å². The van der Waals surface area contributed by atoms with Crippen molar-refractivity contribution in [2.24, 2.45) is 23.2 Å². The van der Waals surface area contributed by atoms with Gasteiger partial charge in [0, 0.05) is 0 Å². The fourth-order valence-electron chi connectivity index (χ4n) is 0.996. The van der Waals surface area contributed by atoms with E-state index in [2.05, 4.69) is 9.97 Å². The molecule has 1 heterocycles. The lowest BCUT2D eigenvalue weighted by molar-refractivity contribution is 0.253. The minimum atomic E-state index is -1.14. The summed E-state index contributed by atoms with van der Waals surface area (Å²) in [5, 5.41) is 0.241. The molecule has 0 spiro atoms. The summed E-state index contributed by atoms with van der Waals surface area (Å²) in [6.07, 6.45) is 1.35. The molecule has 0 aliphatic heterocycles. The highest BCUT2D eigenvalue weighted by molar-refractivity contribution is 6.32. The van der Waals surface area contributed by atoms with Crippen molar-refractivity contribution in [1.29, 1.82) is 0 Å². The number of carbonyl (C=O) groups excluding carboxylic acids is 3. The van der Waals surface area contributed by atoms with Gasteiger partial charge in [0.05, 0.1) is 0 Å². The minimum absolute atomic E-state index is 0.307. The largest absolute Gasteiger partial charge is 0.350 e. The molecule has 12 heteroatoms. The van der Waals surface area contributed by atoms with Gasteiger partial charge in [-0.1, -0.05) is 11.6 Å². The van der Waals surface area contributed by atoms with Crippen LogP contribution in [0.15, 0.2) is 0 Å². The molecule has 0 atom stereocenters. The summed E-state index contributed by atoms with van der Waals surface area (Å²) in [5.74, 6) is 9.64. The Morgan fingerprint density at radius 1 is 1.05 bits per heavy atom. The first kappa shape index (κ1) is 14.6. The lowest BCUT2D eigenvalue weighted by atomic mass is 10.4. The molecule has 1 radical (unpaired) electrons. The van der Waals surface area contributed by atoms with Crippen LogP contribution in [0.2, 0.25) is 5.15 Å². The Bertz CT molecular complexity index is 549. The fourth-order valence-corrected chi connectivity index (χ4v) is 1.21. The number of anilines is 2. The van der Waals surface area contributed by atoms with Gasteiger partial charge < -0.3 is 11.5 Å². The summed E-state index contributed by atoms with van der Waals surface area (Å²) in [7, 11) is 0. The molecule has 0 aromatic carbocycles. The van der Waals surface area contributed by atoms with Gasteiger partial charge in [-0.3, -0.25) is 4.79 Å². The van der Waals surface area contributed by atoms with E-state index in [1.165, 1.54) is 6.29 Å². The van der Waals surface area contributed by atoms with Gasteiger partial charge in [0.2, 0.25) is 0 Å². The Morgan fingerprint density at radius 3 is 1.95 bits per heavy atom. The molecule has 4 amide bonds. The molecule has 0 aliphatic rings. The smallest absolute Gasteiger partial charge is 0.335 e. The van der Waals surface area contributed by atoms with Crippen molar-refractivity contribution in [2.75, 3.05) is 10.0 Å². The number of aromatic nitrogens is 2. The van der Waals surface area contributed by atoms with Gasteiger partial charge in [-0.2, -0.15) is 0 Å². The van der Waals surface area contributed by atoms with E-state index < -0.39 is 34.5 Å². The van der Waals surface area contributed by atoms with Crippen LogP contribution in [0, 0.1) is 0 Å². The van der Waals surface area contributed by atoms with E-state index in [1.54, 1.807) is 0 Å². The normalized spacial score (nSPS) is 9.84. The molecule has 8 N–H and O–H groups in total. The molecule has 0 bridgehead atoms. The van der Waals surface area contributed by atoms with Gasteiger partial charge in [0.1, 0.15) is 0 Å². The van der Waals surface area contributed by atoms with Crippen LogP contribution in [0.3, 0.4) is 0 Å². The Kier molecular flexibility index (Phi) is 4.16. The quantitative estimate of drug-likeness (QED) is 0.284. The molecule has 101 valence electrons. The highest BCUT2D eigenvalue weighted by atomic mass is 35.5. The van der Waals surface area contributed by atoms with Crippen LogP contribution < -0.4 is 33.2 Å². The Morgan fingerprint density at radius 2 is 1.53 bits per heavy atom. The molecular weight excluding hydrogens is 280 g/mol. The van der Waals surface area contributed by atoms with E-state index in [0.717, 1.165) is 0 Å². The van der Waals surface area contributed by atoms with Crippen molar-refractivity contribution >= 4 is 41.6 Å². The van der Waals surface area contributed by atoms with Crippen LogP contribution in [-0.4, -0.2) is 28.3 Å². The second kappa shape index (κ2) is 5.43. The average Bonchev–Trinajstić information content (AvgIpc) is 2.36. The molecule has 1 aromatic heterocycles. The third-order valence-corrected chi connectivity index (χ3v) is 2.10. The number of nitrogens with zero attached hydrogens (tertiary/aromatic N) is 4. The number of primary amides is 2. The zero-order chi connectivity index (χ0) is 14.7. The lowest BCUT2D eigenvalue weighted by Crippen LogP contribution is -2.45. The minimum Gasteiger partial charge on any atom is -0.350 e. The van der Waals surface area contributed by atoms with Gasteiger partial charge in [-0.25, -0.2) is 41.3 Å². The fraction of sp³-hybridized carbons (Fsp3) is 0. The first-order valence-electron chi connectivity index (χ1n) is 4.43. The van der Waals surface area contributed by atoms with Crippen molar-refractivity contribution in [1.82, 2.24) is 9.97 Å². The highest BCUT2D eigenvalue weighted by Gasteiger charge is 2.23. The van der Waals surface area contributed by atoms with Crippen molar-refractivity contribution in [2.45, 2.75) is 0 Å². The van der Waals surface area contributed by atoms with Gasteiger partial charge in [-0.05, 0) is 0 Å². The maximum absolute atomic E-state index is 10.9. The number of hydrogen-bond acceptors (Lipinski definition) is 7. The highest BCUT2D eigenvalue weighted by Crippen LogP contribution is 2.24. The van der Waals surface area contributed by atoms with Crippen LogP contribution in [0.25, 0.3) is 0 Å². The number of nitrogens with two attached hydrogens (primary N) is 4. The molecule has 1 aromatic rings. The molecule has 0 saturated heterocycles. The predicted octanol–water partition coefficient (Wildman–Crippen LogP) is -1.89. The van der Waals surface area contributed by atoms with Crippen LogP contribution in [0.5, 0.6) is 0 Å². The summed E-state index contributed by atoms with van der Waals surface area (Å²) in [6.45, 7) is 0. The summed E-state index contributed by atoms with van der Waals surface area (Å²) in [4.78, 5) is 39.6. The van der Waals surface area contributed by atoms with E-state index in [4.69, 9.17) is 34.8 Å². The van der Waals surface area contributed by atoms with E-state index >= 15 is 0 Å². The summed E-state index contributed by atoms with van der Waals surface area (Å²) >= 11 is 5.65. The second-order valence-electron chi connectivity index (χ2n) is 3.03.